The van der Waals surface area contributed by atoms with Gasteiger partial charge in [0.2, 0.25) is 0 Å². The first kappa shape index (κ1) is 13.2. The minimum Gasteiger partial charge on any atom is -0.390 e. The Morgan fingerprint density at radius 2 is 2.11 bits per heavy atom. The van der Waals surface area contributed by atoms with Gasteiger partial charge in [-0.05, 0) is 37.6 Å². The van der Waals surface area contributed by atoms with Crippen molar-refractivity contribution in [2.45, 2.75) is 31.5 Å². The van der Waals surface area contributed by atoms with E-state index in [1.807, 2.05) is 0 Å². The summed E-state index contributed by atoms with van der Waals surface area (Å²) in [6, 6.07) is 5.36. The molecule has 0 aromatic heterocycles. The average molecular weight is 249 g/mol. The van der Waals surface area contributed by atoms with Crippen molar-refractivity contribution in [2.75, 3.05) is 13.6 Å². The highest BCUT2D eigenvalue weighted by atomic mass is 16.3. The summed E-state index contributed by atoms with van der Waals surface area (Å²) < 4.78 is 0. The van der Waals surface area contributed by atoms with Crippen molar-refractivity contribution in [3.8, 4) is 0 Å². The van der Waals surface area contributed by atoms with Crippen LogP contribution in [0.1, 0.15) is 40.4 Å². The van der Waals surface area contributed by atoms with Crippen LogP contribution in [0.4, 0.5) is 0 Å². The van der Waals surface area contributed by atoms with Crippen LogP contribution >= 0.6 is 0 Å². The first-order valence-corrected chi connectivity index (χ1v) is 6.31. The summed E-state index contributed by atoms with van der Waals surface area (Å²) in [4.78, 5) is 11.6. The molecule has 1 aliphatic rings. The maximum Gasteiger partial charge on any atom is 0.163 e. The van der Waals surface area contributed by atoms with Crippen LogP contribution in [0.15, 0.2) is 18.2 Å². The zero-order chi connectivity index (χ0) is 13.1. The van der Waals surface area contributed by atoms with E-state index < -0.39 is 12.2 Å². The summed E-state index contributed by atoms with van der Waals surface area (Å²) in [5.74, 6) is 0.128. The molecule has 0 saturated heterocycles. The van der Waals surface area contributed by atoms with Gasteiger partial charge in [-0.1, -0.05) is 18.2 Å². The Hall–Kier alpha value is -1.23. The Labute approximate surface area is 107 Å². The number of ketones is 1. The first-order chi connectivity index (χ1) is 8.65. The normalized spacial score (nSPS) is 17.6. The van der Waals surface area contributed by atoms with Crippen LogP contribution in [0.2, 0.25) is 0 Å². The third-order valence-corrected chi connectivity index (χ3v) is 3.49. The predicted octanol–water partition coefficient (Wildman–Crippen LogP) is 0.819. The van der Waals surface area contributed by atoms with Gasteiger partial charge >= 0.3 is 0 Å². The molecule has 1 aromatic rings. The predicted molar refractivity (Wildman–Crippen MR) is 68.6 cm³/mol. The minimum atomic E-state index is -0.917. The molecular weight excluding hydrogens is 230 g/mol. The first-order valence-electron chi connectivity index (χ1n) is 6.31. The number of benzene rings is 1. The minimum absolute atomic E-state index is 0.128. The van der Waals surface area contributed by atoms with Gasteiger partial charge in [-0.3, -0.25) is 4.79 Å². The second-order valence-corrected chi connectivity index (χ2v) is 4.70. The molecule has 18 heavy (non-hydrogen) atoms. The van der Waals surface area contributed by atoms with Gasteiger partial charge < -0.3 is 15.5 Å². The summed E-state index contributed by atoms with van der Waals surface area (Å²) >= 11 is 0. The largest absolute Gasteiger partial charge is 0.390 e. The fourth-order valence-electron chi connectivity index (χ4n) is 2.45. The maximum atomic E-state index is 11.6. The van der Waals surface area contributed by atoms with Crippen LogP contribution in [0.3, 0.4) is 0 Å². The lowest BCUT2D eigenvalue weighted by Gasteiger charge is -2.20. The fraction of sp³-hybridized carbons (Fsp3) is 0.500. The van der Waals surface area contributed by atoms with Crippen LogP contribution in [0.25, 0.3) is 0 Å². The van der Waals surface area contributed by atoms with Crippen molar-refractivity contribution < 1.29 is 15.0 Å². The molecule has 0 saturated carbocycles. The molecule has 4 nitrogen and oxygen atoms in total. The lowest BCUT2D eigenvalue weighted by atomic mass is 9.95. The summed E-state index contributed by atoms with van der Waals surface area (Å²) in [6.45, 7) is 0.645. The van der Waals surface area contributed by atoms with Crippen molar-refractivity contribution in [1.82, 2.24) is 5.32 Å². The van der Waals surface area contributed by atoms with Crippen molar-refractivity contribution in [1.29, 1.82) is 0 Å². The van der Waals surface area contributed by atoms with Gasteiger partial charge in [0, 0.05) is 12.0 Å². The molecule has 2 rings (SSSR count). The number of carbonyl (C=O) groups is 1. The molecule has 1 aromatic carbocycles. The van der Waals surface area contributed by atoms with E-state index in [4.69, 9.17) is 0 Å². The number of carbonyl (C=O) groups excluding carboxylic acids is 1. The second-order valence-electron chi connectivity index (χ2n) is 4.70. The number of Topliss-reactive ketones (excluding diaryl/α,β-unsaturated/α-hetero) is 1. The van der Waals surface area contributed by atoms with Gasteiger partial charge in [-0.25, -0.2) is 0 Å². The Morgan fingerprint density at radius 3 is 2.83 bits per heavy atom. The molecule has 98 valence electrons. The van der Waals surface area contributed by atoms with E-state index >= 15 is 0 Å². The van der Waals surface area contributed by atoms with Crippen LogP contribution in [0.5, 0.6) is 0 Å². The van der Waals surface area contributed by atoms with Gasteiger partial charge in [0.1, 0.15) is 6.10 Å². The van der Waals surface area contributed by atoms with Gasteiger partial charge in [0.25, 0.3) is 0 Å². The van der Waals surface area contributed by atoms with E-state index in [2.05, 4.69) is 5.32 Å². The summed E-state index contributed by atoms with van der Waals surface area (Å²) in [7, 11) is 1.80. The third kappa shape index (κ3) is 2.46. The lowest BCUT2D eigenvalue weighted by Crippen LogP contribution is -2.24. The van der Waals surface area contributed by atoms with E-state index in [9.17, 15) is 15.0 Å². The summed E-state index contributed by atoms with van der Waals surface area (Å²) in [5.41, 5.74) is 2.30. The van der Waals surface area contributed by atoms with E-state index in [-0.39, 0.29) is 5.78 Å². The van der Waals surface area contributed by atoms with Crippen LogP contribution in [-0.4, -0.2) is 35.7 Å². The van der Waals surface area contributed by atoms with Crippen LogP contribution < -0.4 is 5.32 Å². The molecule has 3 N–H and O–H groups in total. The number of rotatable bonds is 5. The number of hydrogen-bond donors (Lipinski definition) is 3. The third-order valence-electron chi connectivity index (χ3n) is 3.49. The van der Waals surface area contributed by atoms with Crippen molar-refractivity contribution in [3.63, 3.8) is 0 Å². The highest BCUT2D eigenvalue weighted by molar-refractivity contribution is 6.00. The molecule has 2 unspecified atom stereocenters. The van der Waals surface area contributed by atoms with Crippen molar-refractivity contribution in [2.24, 2.45) is 0 Å². The van der Waals surface area contributed by atoms with Gasteiger partial charge in [-0.15, -0.1) is 0 Å². The fourth-order valence-corrected chi connectivity index (χ4v) is 2.45. The quantitative estimate of drug-likeness (QED) is 0.722. The molecule has 0 aliphatic heterocycles. The zero-order valence-electron chi connectivity index (χ0n) is 10.5. The maximum absolute atomic E-state index is 11.6. The number of aliphatic hydroxyl groups excluding tert-OH is 2. The molecule has 0 spiro atoms. The number of hydrogen-bond acceptors (Lipinski definition) is 4. The molecule has 0 fully saturated rings. The molecule has 4 heteroatoms. The van der Waals surface area contributed by atoms with E-state index in [1.165, 1.54) is 0 Å². The summed E-state index contributed by atoms with van der Waals surface area (Å²) in [6.07, 6.45) is -0.0694. The molecule has 0 bridgehead atoms. The molecule has 0 radical (unpaired) electrons. The standard InChI is InChI=1S/C14H19NO3/c1-15-8-7-13(17)14(18)11-4-2-3-10-9(11)5-6-12(10)16/h2-4,13-15,17-18H,5-8H2,1H3. The Balaban J connectivity index is 2.21. The zero-order valence-corrected chi connectivity index (χ0v) is 10.5. The van der Waals surface area contributed by atoms with Crippen LogP contribution in [-0.2, 0) is 6.42 Å². The SMILES string of the molecule is CNCCC(O)C(O)c1cccc2c1CCC2=O. The topological polar surface area (TPSA) is 69.6 Å². The summed E-state index contributed by atoms with van der Waals surface area (Å²) in [5, 5.41) is 23.0. The number of nitrogens with one attached hydrogen (secondary N) is 1. The second kappa shape index (κ2) is 5.61. The van der Waals surface area contributed by atoms with Crippen LogP contribution in [0, 0.1) is 0 Å². The highest BCUT2D eigenvalue weighted by Gasteiger charge is 2.27. The number of fused-ring (bicyclic) bond motifs is 1. The molecular formula is C14H19NO3. The van der Waals surface area contributed by atoms with Gasteiger partial charge in [0.05, 0.1) is 6.10 Å². The highest BCUT2D eigenvalue weighted by Crippen LogP contribution is 2.30. The lowest BCUT2D eigenvalue weighted by molar-refractivity contribution is 0.0136. The Kier molecular flexibility index (Phi) is 4.11. The van der Waals surface area contributed by atoms with E-state index in [0.717, 1.165) is 5.56 Å². The smallest absolute Gasteiger partial charge is 0.163 e. The molecule has 1 aliphatic carbocycles. The average Bonchev–Trinajstić information content (AvgIpc) is 2.77. The molecule has 2 atom stereocenters. The number of aliphatic hydroxyl groups is 2. The van der Waals surface area contributed by atoms with E-state index in [0.29, 0.717) is 36.9 Å². The molecule has 0 heterocycles. The molecule has 0 amide bonds. The van der Waals surface area contributed by atoms with E-state index in [1.54, 1.807) is 25.2 Å². The monoisotopic (exact) mass is 249 g/mol. The van der Waals surface area contributed by atoms with Gasteiger partial charge in [0.15, 0.2) is 5.78 Å². The Morgan fingerprint density at radius 1 is 1.33 bits per heavy atom. The van der Waals surface area contributed by atoms with Crippen molar-refractivity contribution in [3.05, 3.63) is 34.9 Å². The van der Waals surface area contributed by atoms with Gasteiger partial charge in [-0.2, -0.15) is 0 Å². The Bertz CT molecular complexity index is 445. The van der Waals surface area contributed by atoms with Crippen molar-refractivity contribution >= 4 is 5.78 Å².